The molecule has 0 bridgehead atoms. The van der Waals surface area contributed by atoms with Gasteiger partial charge in [0.15, 0.2) is 0 Å². The van der Waals surface area contributed by atoms with Crippen LogP contribution in [0.4, 0.5) is 0 Å². The zero-order chi connectivity index (χ0) is 11.3. The van der Waals surface area contributed by atoms with Crippen molar-refractivity contribution in [2.24, 2.45) is 5.73 Å². The minimum atomic E-state index is 0.0724. The molecule has 2 N–H and O–H groups in total. The van der Waals surface area contributed by atoms with Crippen LogP contribution in [-0.4, -0.2) is 19.5 Å². The van der Waals surface area contributed by atoms with Gasteiger partial charge in [0.1, 0.15) is 0 Å². The lowest BCUT2D eigenvalue weighted by Crippen LogP contribution is -2.06. The van der Waals surface area contributed by atoms with Gasteiger partial charge in [-0.2, -0.15) is 0 Å². The summed E-state index contributed by atoms with van der Waals surface area (Å²) in [6, 6.07) is 6.28. The van der Waals surface area contributed by atoms with Crippen molar-refractivity contribution >= 4 is 27.7 Å². The zero-order valence-electron chi connectivity index (χ0n) is 9.00. The lowest BCUT2D eigenvalue weighted by Gasteiger charge is -2.12. The lowest BCUT2D eigenvalue weighted by molar-refractivity contribution is 0.218. The molecule has 0 amide bonds. The SMILES string of the molecule is COCCSc1cc(Br)ccc1C(C)N. The van der Waals surface area contributed by atoms with Crippen LogP contribution < -0.4 is 5.73 Å². The van der Waals surface area contributed by atoms with Gasteiger partial charge in [0, 0.05) is 28.3 Å². The average Bonchev–Trinajstić information content (AvgIpc) is 2.18. The molecule has 0 spiro atoms. The van der Waals surface area contributed by atoms with Crippen LogP contribution in [0.15, 0.2) is 27.6 Å². The number of hydrogen-bond acceptors (Lipinski definition) is 3. The summed E-state index contributed by atoms with van der Waals surface area (Å²) in [7, 11) is 1.72. The second-order valence-corrected chi connectivity index (χ2v) is 5.36. The number of hydrogen-bond donors (Lipinski definition) is 1. The van der Waals surface area contributed by atoms with E-state index in [1.807, 2.05) is 13.0 Å². The van der Waals surface area contributed by atoms with Crippen molar-refractivity contribution in [3.63, 3.8) is 0 Å². The Bertz CT molecular complexity index is 317. The van der Waals surface area contributed by atoms with Gasteiger partial charge in [-0.3, -0.25) is 0 Å². The van der Waals surface area contributed by atoms with Crippen molar-refractivity contribution < 1.29 is 4.74 Å². The third-order valence-corrected chi connectivity index (χ3v) is 3.54. The summed E-state index contributed by atoms with van der Waals surface area (Å²) in [4.78, 5) is 1.23. The smallest absolute Gasteiger partial charge is 0.0556 e. The zero-order valence-corrected chi connectivity index (χ0v) is 11.4. The Hall–Kier alpha value is -0.0300. The van der Waals surface area contributed by atoms with E-state index in [0.717, 1.165) is 16.8 Å². The van der Waals surface area contributed by atoms with Crippen molar-refractivity contribution in [1.82, 2.24) is 0 Å². The minimum absolute atomic E-state index is 0.0724. The van der Waals surface area contributed by atoms with Crippen molar-refractivity contribution in [2.45, 2.75) is 17.9 Å². The predicted octanol–water partition coefficient (Wildman–Crippen LogP) is 3.21. The first-order valence-corrected chi connectivity index (χ1v) is 6.59. The molecular weight excluding hydrogens is 274 g/mol. The van der Waals surface area contributed by atoms with E-state index >= 15 is 0 Å². The third-order valence-electron chi connectivity index (χ3n) is 2.01. The molecule has 0 fully saturated rings. The van der Waals surface area contributed by atoms with Crippen molar-refractivity contribution in [1.29, 1.82) is 0 Å². The number of nitrogens with two attached hydrogens (primary N) is 1. The number of benzene rings is 1. The largest absolute Gasteiger partial charge is 0.384 e. The van der Waals surface area contributed by atoms with Gasteiger partial charge in [0.25, 0.3) is 0 Å². The van der Waals surface area contributed by atoms with Crippen LogP contribution in [0.1, 0.15) is 18.5 Å². The highest BCUT2D eigenvalue weighted by molar-refractivity contribution is 9.10. The van der Waals surface area contributed by atoms with Gasteiger partial charge in [-0.1, -0.05) is 22.0 Å². The fourth-order valence-corrected chi connectivity index (χ4v) is 2.86. The Morgan fingerprint density at radius 1 is 1.53 bits per heavy atom. The second-order valence-electron chi connectivity index (χ2n) is 3.31. The maximum atomic E-state index is 5.91. The Balaban J connectivity index is 2.77. The van der Waals surface area contributed by atoms with E-state index in [-0.39, 0.29) is 6.04 Å². The number of methoxy groups -OCH3 is 1. The Morgan fingerprint density at radius 3 is 2.87 bits per heavy atom. The van der Waals surface area contributed by atoms with Gasteiger partial charge < -0.3 is 10.5 Å². The van der Waals surface area contributed by atoms with E-state index in [2.05, 4.69) is 28.1 Å². The van der Waals surface area contributed by atoms with E-state index in [4.69, 9.17) is 10.5 Å². The maximum Gasteiger partial charge on any atom is 0.0556 e. The summed E-state index contributed by atoms with van der Waals surface area (Å²) in [6.07, 6.45) is 0. The molecule has 0 saturated heterocycles. The summed E-state index contributed by atoms with van der Waals surface area (Å²) in [6.45, 7) is 2.76. The van der Waals surface area contributed by atoms with Crippen LogP contribution in [-0.2, 0) is 4.74 Å². The molecule has 0 aromatic heterocycles. The highest BCUT2D eigenvalue weighted by Gasteiger charge is 2.07. The summed E-state index contributed by atoms with van der Waals surface area (Å²) < 4.78 is 6.12. The second kappa shape index (κ2) is 6.53. The quantitative estimate of drug-likeness (QED) is 0.668. The number of rotatable bonds is 5. The molecule has 4 heteroatoms. The van der Waals surface area contributed by atoms with Gasteiger partial charge in [-0.05, 0) is 24.6 Å². The van der Waals surface area contributed by atoms with Crippen LogP contribution in [0.2, 0.25) is 0 Å². The summed E-state index contributed by atoms with van der Waals surface area (Å²) in [5, 5.41) is 0. The fourth-order valence-electron chi connectivity index (χ4n) is 1.24. The van der Waals surface area contributed by atoms with E-state index in [9.17, 15) is 0 Å². The van der Waals surface area contributed by atoms with Crippen LogP contribution >= 0.6 is 27.7 Å². The Labute approximate surface area is 104 Å². The van der Waals surface area contributed by atoms with Crippen LogP contribution in [0, 0.1) is 0 Å². The van der Waals surface area contributed by atoms with E-state index in [1.54, 1.807) is 18.9 Å². The molecule has 0 aliphatic carbocycles. The van der Waals surface area contributed by atoms with Gasteiger partial charge in [0.2, 0.25) is 0 Å². The standard InChI is InChI=1S/C11H16BrNOS/c1-8(13)10-4-3-9(12)7-11(10)15-6-5-14-2/h3-4,7-8H,5-6,13H2,1-2H3. The van der Waals surface area contributed by atoms with E-state index < -0.39 is 0 Å². The van der Waals surface area contributed by atoms with Crippen LogP contribution in [0.5, 0.6) is 0 Å². The van der Waals surface area contributed by atoms with Crippen LogP contribution in [0.25, 0.3) is 0 Å². The van der Waals surface area contributed by atoms with Crippen molar-refractivity contribution in [3.05, 3.63) is 28.2 Å². The molecule has 0 saturated carbocycles. The summed E-state index contributed by atoms with van der Waals surface area (Å²) in [5.74, 6) is 0.951. The predicted molar refractivity (Wildman–Crippen MR) is 69.3 cm³/mol. The molecule has 0 aliphatic heterocycles. The normalized spacial score (nSPS) is 12.8. The molecule has 1 rings (SSSR count). The highest BCUT2D eigenvalue weighted by Crippen LogP contribution is 2.29. The van der Waals surface area contributed by atoms with Crippen molar-refractivity contribution in [3.8, 4) is 0 Å². The number of halogens is 1. The molecule has 0 heterocycles. The van der Waals surface area contributed by atoms with Gasteiger partial charge in [0.05, 0.1) is 6.61 Å². The molecule has 2 nitrogen and oxygen atoms in total. The van der Waals surface area contributed by atoms with Crippen molar-refractivity contribution in [2.75, 3.05) is 19.5 Å². The number of thioether (sulfide) groups is 1. The molecule has 1 atom stereocenters. The summed E-state index contributed by atoms with van der Waals surface area (Å²) in [5.41, 5.74) is 7.10. The molecule has 1 unspecified atom stereocenters. The van der Waals surface area contributed by atoms with Crippen LogP contribution in [0.3, 0.4) is 0 Å². The maximum absolute atomic E-state index is 5.91. The minimum Gasteiger partial charge on any atom is -0.384 e. The van der Waals surface area contributed by atoms with E-state index in [0.29, 0.717) is 0 Å². The molecule has 1 aromatic carbocycles. The van der Waals surface area contributed by atoms with Gasteiger partial charge >= 0.3 is 0 Å². The molecule has 0 radical (unpaired) electrons. The first-order chi connectivity index (χ1) is 7.15. The highest BCUT2D eigenvalue weighted by atomic mass is 79.9. The van der Waals surface area contributed by atoms with Gasteiger partial charge in [-0.25, -0.2) is 0 Å². The molecule has 1 aromatic rings. The Kier molecular flexibility index (Phi) is 5.68. The fraction of sp³-hybridized carbons (Fsp3) is 0.455. The first kappa shape index (κ1) is 13.0. The molecule has 84 valence electrons. The lowest BCUT2D eigenvalue weighted by atomic mass is 10.1. The third kappa shape index (κ3) is 4.15. The Morgan fingerprint density at radius 2 is 2.27 bits per heavy atom. The van der Waals surface area contributed by atoms with E-state index in [1.165, 1.54) is 10.5 Å². The first-order valence-electron chi connectivity index (χ1n) is 4.82. The van der Waals surface area contributed by atoms with Gasteiger partial charge in [-0.15, -0.1) is 11.8 Å². The molecule has 0 aliphatic rings. The summed E-state index contributed by atoms with van der Waals surface area (Å²) >= 11 is 5.25. The molecular formula is C11H16BrNOS. The number of ether oxygens (including phenoxy) is 1. The monoisotopic (exact) mass is 289 g/mol. The average molecular weight is 290 g/mol. The molecule has 15 heavy (non-hydrogen) atoms. The topological polar surface area (TPSA) is 35.2 Å².